The van der Waals surface area contributed by atoms with Crippen molar-refractivity contribution in [2.45, 2.75) is 5.92 Å². The molecule has 12 nitrogen and oxygen atoms in total. The number of fused-ring (bicyclic) bond motifs is 4. The second-order valence-electron chi connectivity index (χ2n) is 10.0. The largest absolute Gasteiger partial charge is 0.506 e. The number of aromatic hydroxyl groups is 2. The van der Waals surface area contributed by atoms with Crippen LogP contribution >= 0.6 is 0 Å². The minimum absolute atomic E-state index is 0.0113. The molecule has 12 heteroatoms. The molecule has 228 valence electrons. The Morgan fingerprint density at radius 3 is 1.40 bits per heavy atom. The van der Waals surface area contributed by atoms with Gasteiger partial charge in [-0.2, -0.15) is 0 Å². The average Bonchev–Trinajstić information content (AvgIpc) is 3.73. The van der Waals surface area contributed by atoms with E-state index in [-0.39, 0.29) is 67.2 Å². The van der Waals surface area contributed by atoms with Crippen LogP contribution in [0.25, 0.3) is 43.9 Å². The summed E-state index contributed by atoms with van der Waals surface area (Å²) in [4.78, 5) is 27.8. The molecule has 0 saturated carbocycles. The molecule has 2 N–H and O–H groups in total. The highest BCUT2D eigenvalue weighted by Gasteiger charge is 2.36. The fourth-order valence-electron chi connectivity index (χ4n) is 6.05. The monoisotopic (exact) mass is 612 g/mol. The van der Waals surface area contributed by atoms with Crippen molar-refractivity contribution >= 4 is 43.9 Å². The molecule has 0 saturated heterocycles. The van der Waals surface area contributed by atoms with Crippen molar-refractivity contribution in [1.29, 1.82) is 0 Å². The van der Waals surface area contributed by atoms with Crippen LogP contribution in [0.5, 0.6) is 34.5 Å². The summed E-state index contributed by atoms with van der Waals surface area (Å²) in [5.74, 6) is -2.17. The van der Waals surface area contributed by atoms with Crippen molar-refractivity contribution in [3.63, 3.8) is 0 Å². The Kier molecular flexibility index (Phi) is 6.36. The summed E-state index contributed by atoms with van der Waals surface area (Å²) in [6, 6.07) is 11.6. The number of furan rings is 2. The van der Waals surface area contributed by atoms with Crippen LogP contribution in [0.3, 0.4) is 0 Å². The Bertz CT molecular complexity index is 2240. The van der Waals surface area contributed by atoms with Crippen LogP contribution in [-0.2, 0) is 0 Å². The van der Waals surface area contributed by atoms with Gasteiger partial charge in [-0.05, 0) is 17.7 Å². The van der Waals surface area contributed by atoms with E-state index in [4.69, 9.17) is 36.6 Å². The van der Waals surface area contributed by atoms with Gasteiger partial charge in [0.25, 0.3) is 0 Å². The van der Waals surface area contributed by atoms with Gasteiger partial charge in [0, 0.05) is 0 Å². The SMILES string of the molecule is COc1c2occc2c(OC)c2c(O)c(C(c3ccccc3)c3c(O)c4c(OC)c5ccoc5c(OC)c4oc3=O)c(=O)oc12. The molecule has 0 aliphatic carbocycles. The summed E-state index contributed by atoms with van der Waals surface area (Å²) >= 11 is 0. The number of hydrogen-bond donors (Lipinski definition) is 2. The van der Waals surface area contributed by atoms with Crippen LogP contribution < -0.4 is 30.2 Å². The zero-order valence-corrected chi connectivity index (χ0v) is 24.3. The van der Waals surface area contributed by atoms with Crippen LogP contribution in [0.4, 0.5) is 0 Å². The first-order chi connectivity index (χ1) is 21.9. The lowest BCUT2D eigenvalue weighted by molar-refractivity contribution is 0.389. The standard InChI is InChI=1S/C33H24O12/c1-38-24-15-10-12-42-26(15)30(40-3)28-20(24)22(34)18(32(36)44-28)17(14-8-6-5-7-9-14)19-23(35)21-25(39-2)16-11-13-43-27(16)31(41-4)29(21)45-33(19)37/h5-13,17,34-35H,1-4H3. The summed E-state index contributed by atoms with van der Waals surface area (Å²) < 4.78 is 45.0. The van der Waals surface area contributed by atoms with Crippen molar-refractivity contribution in [3.05, 3.63) is 92.5 Å². The van der Waals surface area contributed by atoms with Gasteiger partial charge in [0.15, 0.2) is 22.3 Å². The van der Waals surface area contributed by atoms with Crippen LogP contribution in [0.15, 0.2) is 82.2 Å². The smallest absolute Gasteiger partial charge is 0.344 e. The molecular weight excluding hydrogens is 588 g/mol. The molecule has 45 heavy (non-hydrogen) atoms. The maximum atomic E-state index is 13.9. The van der Waals surface area contributed by atoms with Crippen LogP contribution in [-0.4, -0.2) is 38.7 Å². The predicted molar refractivity (Wildman–Crippen MR) is 161 cm³/mol. The summed E-state index contributed by atoms with van der Waals surface area (Å²) in [6.07, 6.45) is 2.79. The highest BCUT2D eigenvalue weighted by atomic mass is 16.5. The number of benzene rings is 3. The van der Waals surface area contributed by atoms with Gasteiger partial charge < -0.3 is 46.8 Å². The van der Waals surface area contributed by atoms with E-state index < -0.39 is 28.7 Å². The van der Waals surface area contributed by atoms with E-state index in [2.05, 4.69) is 0 Å². The van der Waals surface area contributed by atoms with Gasteiger partial charge >= 0.3 is 11.3 Å². The second kappa shape index (κ2) is 10.3. The third-order valence-corrected chi connectivity index (χ3v) is 7.89. The van der Waals surface area contributed by atoms with Gasteiger partial charge in [-0.15, -0.1) is 0 Å². The molecule has 0 aliphatic rings. The Morgan fingerprint density at radius 2 is 1.00 bits per heavy atom. The molecule has 3 aromatic carbocycles. The fraction of sp³-hybridized carbons (Fsp3) is 0.152. The Labute approximate surface area is 252 Å². The van der Waals surface area contributed by atoms with E-state index in [1.807, 2.05) is 0 Å². The number of methoxy groups -OCH3 is 4. The van der Waals surface area contributed by atoms with E-state index in [1.165, 1.54) is 41.0 Å². The van der Waals surface area contributed by atoms with E-state index >= 15 is 0 Å². The maximum absolute atomic E-state index is 13.9. The van der Waals surface area contributed by atoms with E-state index in [0.29, 0.717) is 16.3 Å². The summed E-state index contributed by atoms with van der Waals surface area (Å²) in [7, 11) is 5.48. The average molecular weight is 613 g/mol. The first-order valence-corrected chi connectivity index (χ1v) is 13.5. The molecule has 0 bridgehead atoms. The maximum Gasteiger partial charge on any atom is 0.344 e. The molecule has 0 unspecified atom stereocenters. The topological polar surface area (TPSA) is 164 Å². The Hall–Kier alpha value is -6.04. The number of ether oxygens (including phenoxy) is 4. The molecule has 0 fully saturated rings. The van der Waals surface area contributed by atoms with Gasteiger partial charge in [-0.1, -0.05) is 30.3 Å². The molecule has 4 aromatic heterocycles. The van der Waals surface area contributed by atoms with E-state index in [0.717, 1.165) is 0 Å². The normalized spacial score (nSPS) is 11.7. The van der Waals surface area contributed by atoms with Crippen molar-refractivity contribution in [1.82, 2.24) is 0 Å². The Balaban J connectivity index is 1.65. The van der Waals surface area contributed by atoms with Crippen LogP contribution in [0.1, 0.15) is 22.6 Å². The van der Waals surface area contributed by atoms with E-state index in [1.54, 1.807) is 42.5 Å². The van der Waals surface area contributed by atoms with Gasteiger partial charge in [0.2, 0.25) is 11.5 Å². The van der Waals surface area contributed by atoms with Gasteiger partial charge in [0.05, 0.1) is 68.8 Å². The number of rotatable bonds is 7. The minimum atomic E-state index is -1.40. The number of hydrogen-bond acceptors (Lipinski definition) is 12. The molecule has 7 aromatic rings. The summed E-state index contributed by atoms with van der Waals surface area (Å²) in [5, 5.41) is 24.7. The van der Waals surface area contributed by atoms with Crippen molar-refractivity contribution in [2.24, 2.45) is 0 Å². The molecule has 0 spiro atoms. The lowest BCUT2D eigenvalue weighted by atomic mass is 9.84. The van der Waals surface area contributed by atoms with Crippen molar-refractivity contribution in [2.75, 3.05) is 28.4 Å². The lowest BCUT2D eigenvalue weighted by Crippen LogP contribution is -2.21. The lowest BCUT2D eigenvalue weighted by Gasteiger charge is -2.21. The third-order valence-electron chi connectivity index (χ3n) is 7.89. The second-order valence-corrected chi connectivity index (χ2v) is 10.0. The summed E-state index contributed by atoms with van der Waals surface area (Å²) in [6.45, 7) is 0. The van der Waals surface area contributed by atoms with Gasteiger partial charge in [-0.25, -0.2) is 9.59 Å². The highest BCUT2D eigenvalue weighted by molar-refractivity contribution is 6.10. The molecule has 0 aliphatic heterocycles. The molecule has 7 rings (SSSR count). The van der Waals surface area contributed by atoms with Gasteiger partial charge in [-0.3, -0.25) is 0 Å². The first-order valence-electron chi connectivity index (χ1n) is 13.5. The predicted octanol–water partition coefficient (Wildman–Crippen LogP) is 6.02. The fourth-order valence-corrected chi connectivity index (χ4v) is 6.05. The van der Waals surface area contributed by atoms with Crippen molar-refractivity contribution in [3.8, 4) is 34.5 Å². The molecule has 4 heterocycles. The molecule has 0 atom stereocenters. The quantitative estimate of drug-likeness (QED) is 0.202. The molecule has 0 amide bonds. The Morgan fingerprint density at radius 1 is 0.578 bits per heavy atom. The molecule has 0 radical (unpaired) electrons. The van der Waals surface area contributed by atoms with Gasteiger partial charge in [0.1, 0.15) is 33.8 Å². The van der Waals surface area contributed by atoms with Crippen LogP contribution in [0.2, 0.25) is 0 Å². The van der Waals surface area contributed by atoms with Crippen LogP contribution in [0, 0.1) is 0 Å². The third kappa shape index (κ3) is 3.78. The minimum Gasteiger partial charge on any atom is -0.506 e. The zero-order valence-electron chi connectivity index (χ0n) is 24.3. The highest BCUT2D eigenvalue weighted by Crippen LogP contribution is 2.52. The summed E-state index contributed by atoms with van der Waals surface area (Å²) in [5.41, 5.74) is -2.23. The molecular formula is C33H24O12. The van der Waals surface area contributed by atoms with E-state index in [9.17, 15) is 19.8 Å². The van der Waals surface area contributed by atoms with Crippen molar-refractivity contribution < 1.29 is 46.8 Å². The first kappa shape index (κ1) is 27.8. The zero-order chi connectivity index (χ0) is 31.6.